The highest BCUT2D eigenvalue weighted by molar-refractivity contribution is 5.71. The Kier molecular flexibility index (Phi) is 13.7. The topological polar surface area (TPSA) is 64.3 Å². The molecule has 0 aromatic heterocycles. The Morgan fingerprint density at radius 2 is 1.50 bits per heavy atom. The Hall–Kier alpha value is -0.770. The Bertz CT molecular complexity index is 187. The van der Waals surface area contributed by atoms with E-state index < -0.39 is 6.03 Å². The summed E-state index contributed by atoms with van der Waals surface area (Å²) in [6.45, 7) is 4.70. The van der Waals surface area contributed by atoms with Crippen molar-refractivity contribution in [2.75, 3.05) is 19.8 Å². The van der Waals surface area contributed by atoms with Crippen molar-refractivity contribution in [1.29, 1.82) is 0 Å². The number of carbonyl (C=O) groups excluding carboxylic acids is 1. The fourth-order valence-electron chi connectivity index (χ4n) is 1.80. The normalized spacial score (nSPS) is 10.5. The summed E-state index contributed by atoms with van der Waals surface area (Å²) in [6.07, 6.45) is 10.9. The lowest BCUT2D eigenvalue weighted by atomic mass is 10.2. The molecule has 4 nitrogen and oxygen atoms in total. The van der Waals surface area contributed by atoms with Gasteiger partial charge in [0.25, 0.3) is 0 Å². The van der Waals surface area contributed by atoms with Crippen molar-refractivity contribution in [3.05, 3.63) is 0 Å². The summed E-state index contributed by atoms with van der Waals surface area (Å²) in [6, 6.07) is -0.429. The molecule has 0 unspecified atom stereocenters. The zero-order valence-electron chi connectivity index (χ0n) is 11.9. The summed E-state index contributed by atoms with van der Waals surface area (Å²) in [5, 5.41) is 2.59. The van der Waals surface area contributed by atoms with Crippen molar-refractivity contribution in [1.82, 2.24) is 5.32 Å². The van der Waals surface area contributed by atoms with Crippen LogP contribution in [0.25, 0.3) is 0 Å². The molecule has 2 amide bonds. The van der Waals surface area contributed by atoms with Crippen molar-refractivity contribution in [2.24, 2.45) is 5.73 Å². The number of nitrogens with one attached hydrogen (secondary N) is 1. The van der Waals surface area contributed by atoms with E-state index in [4.69, 9.17) is 10.5 Å². The van der Waals surface area contributed by atoms with Crippen LogP contribution in [-0.2, 0) is 4.74 Å². The molecule has 0 heterocycles. The van der Waals surface area contributed by atoms with Gasteiger partial charge < -0.3 is 15.8 Å². The van der Waals surface area contributed by atoms with Gasteiger partial charge in [0.15, 0.2) is 0 Å². The third-order valence-electron chi connectivity index (χ3n) is 2.91. The van der Waals surface area contributed by atoms with Crippen LogP contribution in [0.2, 0.25) is 0 Å². The van der Waals surface area contributed by atoms with Crippen LogP contribution < -0.4 is 11.1 Å². The molecule has 0 atom stereocenters. The largest absolute Gasteiger partial charge is 0.381 e. The number of hydrogen-bond donors (Lipinski definition) is 2. The number of amides is 2. The molecule has 0 aliphatic rings. The van der Waals surface area contributed by atoms with Gasteiger partial charge in [-0.15, -0.1) is 0 Å². The van der Waals surface area contributed by atoms with E-state index in [1.54, 1.807) is 0 Å². The number of carbonyl (C=O) groups is 1. The van der Waals surface area contributed by atoms with E-state index in [-0.39, 0.29) is 0 Å². The second-order valence-electron chi connectivity index (χ2n) is 4.73. The lowest BCUT2D eigenvalue weighted by Crippen LogP contribution is -2.29. The minimum absolute atomic E-state index is 0.429. The van der Waals surface area contributed by atoms with Gasteiger partial charge in [-0.1, -0.05) is 45.4 Å². The Labute approximate surface area is 112 Å². The second-order valence-corrected chi connectivity index (χ2v) is 4.73. The summed E-state index contributed by atoms with van der Waals surface area (Å²) in [5.74, 6) is 0. The quantitative estimate of drug-likeness (QED) is 0.498. The molecule has 0 spiro atoms. The number of rotatable bonds is 13. The minimum Gasteiger partial charge on any atom is -0.381 e. The maximum atomic E-state index is 10.4. The van der Waals surface area contributed by atoms with Gasteiger partial charge in [0.2, 0.25) is 0 Å². The van der Waals surface area contributed by atoms with E-state index in [0.29, 0.717) is 6.54 Å². The zero-order valence-corrected chi connectivity index (χ0v) is 11.9. The molecule has 0 aliphatic heterocycles. The maximum absolute atomic E-state index is 10.4. The highest BCUT2D eigenvalue weighted by atomic mass is 16.5. The summed E-state index contributed by atoms with van der Waals surface area (Å²) >= 11 is 0. The third-order valence-corrected chi connectivity index (χ3v) is 2.91. The standard InChI is InChI=1S/C14H30N2O2/c1-2-3-4-6-9-12-18-13-10-7-5-8-11-16-14(15)17/h2-13H2,1H3,(H3,15,16,17). The van der Waals surface area contributed by atoms with Crippen LogP contribution in [0.4, 0.5) is 4.79 Å². The lowest BCUT2D eigenvalue weighted by Gasteiger charge is -2.04. The van der Waals surface area contributed by atoms with Crippen LogP contribution in [-0.4, -0.2) is 25.8 Å². The van der Waals surface area contributed by atoms with E-state index in [9.17, 15) is 4.79 Å². The molecule has 0 aromatic carbocycles. The molecule has 0 fully saturated rings. The number of nitrogens with two attached hydrogens (primary N) is 1. The van der Waals surface area contributed by atoms with Crippen LogP contribution >= 0.6 is 0 Å². The Morgan fingerprint density at radius 1 is 0.944 bits per heavy atom. The number of primary amides is 1. The number of ether oxygens (including phenoxy) is 1. The predicted molar refractivity (Wildman–Crippen MR) is 75.6 cm³/mol. The van der Waals surface area contributed by atoms with E-state index in [2.05, 4.69) is 12.2 Å². The minimum atomic E-state index is -0.429. The fourth-order valence-corrected chi connectivity index (χ4v) is 1.80. The van der Waals surface area contributed by atoms with Crippen molar-refractivity contribution in [3.63, 3.8) is 0 Å². The lowest BCUT2D eigenvalue weighted by molar-refractivity contribution is 0.125. The van der Waals surface area contributed by atoms with Crippen LogP contribution in [0.5, 0.6) is 0 Å². The molecule has 18 heavy (non-hydrogen) atoms. The SMILES string of the molecule is CCCCCCCOCCCCCCNC(N)=O. The van der Waals surface area contributed by atoms with Crippen molar-refractivity contribution < 1.29 is 9.53 Å². The molecule has 108 valence electrons. The predicted octanol–water partition coefficient (Wildman–Crippen LogP) is 3.20. The first kappa shape index (κ1) is 17.2. The summed E-state index contributed by atoms with van der Waals surface area (Å²) in [4.78, 5) is 10.4. The van der Waals surface area contributed by atoms with Crippen molar-refractivity contribution in [2.45, 2.75) is 64.7 Å². The second kappa shape index (κ2) is 14.3. The van der Waals surface area contributed by atoms with Gasteiger partial charge in [0, 0.05) is 19.8 Å². The average molecular weight is 258 g/mol. The van der Waals surface area contributed by atoms with Crippen LogP contribution in [0.15, 0.2) is 0 Å². The smallest absolute Gasteiger partial charge is 0.312 e. The highest BCUT2D eigenvalue weighted by Gasteiger charge is 1.94. The zero-order chi connectivity index (χ0) is 13.5. The molecule has 0 bridgehead atoms. The summed E-state index contributed by atoms with van der Waals surface area (Å²) < 4.78 is 5.57. The molecule has 3 N–H and O–H groups in total. The van der Waals surface area contributed by atoms with Gasteiger partial charge >= 0.3 is 6.03 Å². The molecular formula is C14H30N2O2. The van der Waals surface area contributed by atoms with E-state index >= 15 is 0 Å². The molecule has 0 radical (unpaired) electrons. The molecule has 0 aromatic rings. The number of unbranched alkanes of at least 4 members (excludes halogenated alkanes) is 7. The van der Waals surface area contributed by atoms with Crippen LogP contribution in [0.3, 0.4) is 0 Å². The monoisotopic (exact) mass is 258 g/mol. The van der Waals surface area contributed by atoms with Crippen LogP contribution in [0, 0.1) is 0 Å². The van der Waals surface area contributed by atoms with Gasteiger partial charge in [-0.05, 0) is 19.3 Å². The van der Waals surface area contributed by atoms with E-state index in [0.717, 1.165) is 38.9 Å². The summed E-state index contributed by atoms with van der Waals surface area (Å²) in [7, 11) is 0. The van der Waals surface area contributed by atoms with Gasteiger partial charge in [0.05, 0.1) is 0 Å². The molecule has 4 heteroatoms. The number of hydrogen-bond acceptors (Lipinski definition) is 2. The average Bonchev–Trinajstić information content (AvgIpc) is 2.34. The Balaban J connectivity index is 2.92. The third kappa shape index (κ3) is 15.2. The molecule has 0 aliphatic carbocycles. The maximum Gasteiger partial charge on any atom is 0.312 e. The first-order valence-electron chi connectivity index (χ1n) is 7.38. The van der Waals surface area contributed by atoms with Gasteiger partial charge in [-0.25, -0.2) is 4.79 Å². The fraction of sp³-hybridized carbons (Fsp3) is 0.929. The summed E-state index contributed by atoms with van der Waals surface area (Å²) in [5.41, 5.74) is 4.96. The first-order valence-corrected chi connectivity index (χ1v) is 7.38. The van der Waals surface area contributed by atoms with E-state index in [1.165, 1.54) is 32.1 Å². The van der Waals surface area contributed by atoms with Crippen LogP contribution in [0.1, 0.15) is 64.7 Å². The highest BCUT2D eigenvalue weighted by Crippen LogP contribution is 2.03. The molecule has 0 rings (SSSR count). The van der Waals surface area contributed by atoms with Crippen molar-refractivity contribution >= 4 is 6.03 Å². The number of urea groups is 1. The van der Waals surface area contributed by atoms with Crippen molar-refractivity contribution in [3.8, 4) is 0 Å². The molecular weight excluding hydrogens is 228 g/mol. The van der Waals surface area contributed by atoms with Gasteiger partial charge in [-0.2, -0.15) is 0 Å². The van der Waals surface area contributed by atoms with E-state index in [1.807, 2.05) is 0 Å². The molecule has 0 saturated heterocycles. The molecule has 0 saturated carbocycles. The van der Waals surface area contributed by atoms with Gasteiger partial charge in [-0.3, -0.25) is 0 Å². The first-order chi connectivity index (χ1) is 8.77. The Morgan fingerprint density at radius 3 is 2.06 bits per heavy atom. The van der Waals surface area contributed by atoms with Gasteiger partial charge in [0.1, 0.15) is 0 Å².